The predicted octanol–water partition coefficient (Wildman–Crippen LogP) is 0.496. The molecule has 0 radical (unpaired) electrons. The van der Waals surface area contributed by atoms with E-state index in [0.29, 0.717) is 6.54 Å². The number of carbonyl (C=O) groups excluding carboxylic acids is 1. The van der Waals surface area contributed by atoms with Gasteiger partial charge in [-0.2, -0.15) is 0 Å². The van der Waals surface area contributed by atoms with E-state index in [1.54, 1.807) is 0 Å². The molecule has 0 saturated heterocycles. The summed E-state index contributed by atoms with van der Waals surface area (Å²) in [6.45, 7) is 8.02. The largest absolute Gasteiger partial charge is 0.354 e. The van der Waals surface area contributed by atoms with Crippen LogP contribution in [0.2, 0.25) is 0 Å². The van der Waals surface area contributed by atoms with Gasteiger partial charge in [0.2, 0.25) is 5.91 Å². The number of amides is 1. The second kappa shape index (κ2) is 3.72. The van der Waals surface area contributed by atoms with Gasteiger partial charge in [-0.25, -0.2) is 0 Å². The Balaban J connectivity index is 3.64. The van der Waals surface area contributed by atoms with Crippen molar-refractivity contribution in [3.05, 3.63) is 0 Å². The molecule has 0 unspecified atom stereocenters. The molecule has 0 saturated carbocycles. The van der Waals surface area contributed by atoms with Gasteiger partial charge in [-0.1, -0.05) is 13.8 Å². The van der Waals surface area contributed by atoms with E-state index in [1.807, 2.05) is 27.7 Å². The minimum atomic E-state index is -0.315. The molecular formula is C8H18N2O. The fourth-order valence-corrected chi connectivity index (χ4v) is 0.519. The fourth-order valence-electron chi connectivity index (χ4n) is 0.519. The lowest BCUT2D eigenvalue weighted by molar-refractivity contribution is -0.124. The average molecular weight is 158 g/mol. The van der Waals surface area contributed by atoms with Crippen molar-refractivity contribution in [1.29, 1.82) is 0 Å². The molecule has 0 bridgehead atoms. The van der Waals surface area contributed by atoms with Gasteiger partial charge in [-0.15, -0.1) is 0 Å². The third-order valence-electron chi connectivity index (χ3n) is 1.24. The van der Waals surface area contributed by atoms with Crippen LogP contribution in [0.5, 0.6) is 0 Å². The summed E-state index contributed by atoms with van der Waals surface area (Å²) in [5, 5.41) is 2.76. The van der Waals surface area contributed by atoms with Crippen LogP contribution in [0.15, 0.2) is 0 Å². The maximum atomic E-state index is 11.0. The topological polar surface area (TPSA) is 55.1 Å². The first kappa shape index (κ1) is 10.4. The number of nitrogens with one attached hydrogen (secondary N) is 1. The molecule has 0 aliphatic carbocycles. The van der Waals surface area contributed by atoms with Gasteiger partial charge >= 0.3 is 0 Å². The second-order valence-corrected chi connectivity index (χ2v) is 3.86. The molecule has 3 N–H and O–H groups in total. The molecule has 0 spiro atoms. The van der Waals surface area contributed by atoms with E-state index in [1.165, 1.54) is 0 Å². The molecule has 0 fully saturated rings. The van der Waals surface area contributed by atoms with Crippen molar-refractivity contribution >= 4 is 5.91 Å². The van der Waals surface area contributed by atoms with Gasteiger partial charge in [-0.3, -0.25) is 4.79 Å². The van der Waals surface area contributed by atoms with Crippen LogP contribution in [0, 0.1) is 5.92 Å². The first-order chi connectivity index (χ1) is 4.83. The second-order valence-electron chi connectivity index (χ2n) is 3.86. The summed E-state index contributed by atoms with van der Waals surface area (Å²) in [4.78, 5) is 11.0. The Kier molecular flexibility index (Phi) is 3.52. The van der Waals surface area contributed by atoms with E-state index >= 15 is 0 Å². The molecule has 3 nitrogen and oxygen atoms in total. The van der Waals surface area contributed by atoms with Gasteiger partial charge in [0.1, 0.15) is 0 Å². The van der Waals surface area contributed by atoms with E-state index in [-0.39, 0.29) is 17.4 Å². The van der Waals surface area contributed by atoms with Crippen LogP contribution in [-0.4, -0.2) is 18.0 Å². The maximum absolute atomic E-state index is 11.0. The highest BCUT2D eigenvalue weighted by molar-refractivity contribution is 5.77. The molecule has 1 amide bonds. The van der Waals surface area contributed by atoms with Crippen molar-refractivity contribution in [2.75, 3.05) is 6.54 Å². The Morgan fingerprint density at radius 3 is 2.27 bits per heavy atom. The molecule has 66 valence electrons. The Hall–Kier alpha value is -0.570. The molecule has 0 aliphatic heterocycles. The van der Waals surface area contributed by atoms with Gasteiger partial charge in [0.05, 0.1) is 0 Å². The standard InChI is InChI=1S/C8H18N2O/c1-6(2)7(11)10-5-8(3,4)9/h6H,5,9H2,1-4H3,(H,10,11). The van der Waals surface area contributed by atoms with E-state index < -0.39 is 0 Å². The van der Waals surface area contributed by atoms with Crippen molar-refractivity contribution in [2.24, 2.45) is 11.7 Å². The normalized spacial score (nSPS) is 11.8. The summed E-state index contributed by atoms with van der Waals surface area (Å²) in [5.41, 5.74) is 5.35. The van der Waals surface area contributed by atoms with Crippen molar-refractivity contribution < 1.29 is 4.79 Å². The highest BCUT2D eigenvalue weighted by atomic mass is 16.1. The summed E-state index contributed by atoms with van der Waals surface area (Å²) in [6, 6.07) is 0. The van der Waals surface area contributed by atoms with Crippen LogP contribution in [0.25, 0.3) is 0 Å². The molecular weight excluding hydrogens is 140 g/mol. The zero-order valence-electron chi connectivity index (χ0n) is 7.77. The maximum Gasteiger partial charge on any atom is 0.222 e. The number of nitrogens with two attached hydrogens (primary N) is 1. The Morgan fingerprint density at radius 1 is 1.55 bits per heavy atom. The van der Waals surface area contributed by atoms with Crippen molar-refractivity contribution in [3.8, 4) is 0 Å². The monoisotopic (exact) mass is 158 g/mol. The minimum absolute atomic E-state index is 0.0392. The van der Waals surface area contributed by atoms with Gasteiger partial charge < -0.3 is 11.1 Å². The molecule has 0 aromatic rings. The third kappa shape index (κ3) is 5.85. The van der Waals surface area contributed by atoms with E-state index in [0.717, 1.165) is 0 Å². The highest BCUT2D eigenvalue weighted by Gasteiger charge is 2.13. The molecule has 0 rings (SSSR count). The van der Waals surface area contributed by atoms with Gasteiger partial charge in [0.15, 0.2) is 0 Å². The highest BCUT2D eigenvalue weighted by Crippen LogP contribution is 1.95. The lowest BCUT2D eigenvalue weighted by atomic mass is 10.1. The van der Waals surface area contributed by atoms with Crippen LogP contribution in [0.1, 0.15) is 27.7 Å². The zero-order chi connectivity index (χ0) is 9.07. The molecule has 0 aromatic heterocycles. The van der Waals surface area contributed by atoms with Crippen LogP contribution in [0.3, 0.4) is 0 Å². The number of carbonyl (C=O) groups is 1. The lowest BCUT2D eigenvalue weighted by Crippen LogP contribution is -2.46. The van der Waals surface area contributed by atoms with Crippen LogP contribution in [-0.2, 0) is 4.79 Å². The molecule has 0 aliphatic rings. The SMILES string of the molecule is CC(C)C(=O)NCC(C)(C)N. The number of hydrogen-bond donors (Lipinski definition) is 2. The smallest absolute Gasteiger partial charge is 0.222 e. The summed E-state index contributed by atoms with van der Waals surface area (Å²) in [5.74, 6) is 0.0980. The lowest BCUT2D eigenvalue weighted by Gasteiger charge is -2.19. The first-order valence-corrected chi connectivity index (χ1v) is 3.89. The molecule has 3 heteroatoms. The van der Waals surface area contributed by atoms with Crippen LogP contribution >= 0.6 is 0 Å². The Morgan fingerprint density at radius 2 is 2.00 bits per heavy atom. The fraction of sp³-hybridized carbons (Fsp3) is 0.875. The Labute approximate surface area is 68.3 Å². The van der Waals surface area contributed by atoms with E-state index in [2.05, 4.69) is 5.32 Å². The first-order valence-electron chi connectivity index (χ1n) is 3.89. The Bertz CT molecular complexity index is 136. The summed E-state index contributed by atoms with van der Waals surface area (Å²) < 4.78 is 0. The van der Waals surface area contributed by atoms with E-state index in [9.17, 15) is 4.79 Å². The third-order valence-corrected chi connectivity index (χ3v) is 1.24. The molecule has 0 heterocycles. The van der Waals surface area contributed by atoms with Gasteiger partial charge in [0.25, 0.3) is 0 Å². The van der Waals surface area contributed by atoms with Gasteiger partial charge in [0, 0.05) is 18.0 Å². The van der Waals surface area contributed by atoms with Crippen LogP contribution < -0.4 is 11.1 Å². The molecule has 11 heavy (non-hydrogen) atoms. The predicted molar refractivity (Wildman–Crippen MR) is 46.1 cm³/mol. The van der Waals surface area contributed by atoms with E-state index in [4.69, 9.17) is 5.73 Å². The summed E-state index contributed by atoms with van der Waals surface area (Å²) >= 11 is 0. The number of rotatable bonds is 3. The number of hydrogen-bond acceptors (Lipinski definition) is 2. The van der Waals surface area contributed by atoms with Crippen molar-refractivity contribution in [1.82, 2.24) is 5.32 Å². The van der Waals surface area contributed by atoms with Gasteiger partial charge in [-0.05, 0) is 13.8 Å². The summed E-state index contributed by atoms with van der Waals surface area (Å²) in [6.07, 6.45) is 0. The molecule has 0 atom stereocenters. The van der Waals surface area contributed by atoms with Crippen LogP contribution in [0.4, 0.5) is 0 Å². The quantitative estimate of drug-likeness (QED) is 0.628. The van der Waals surface area contributed by atoms with Crippen molar-refractivity contribution in [2.45, 2.75) is 33.2 Å². The zero-order valence-corrected chi connectivity index (χ0v) is 7.77. The summed E-state index contributed by atoms with van der Waals surface area (Å²) in [7, 11) is 0. The minimum Gasteiger partial charge on any atom is -0.354 e. The average Bonchev–Trinajstić information content (AvgIpc) is 1.80. The van der Waals surface area contributed by atoms with Crippen molar-refractivity contribution in [3.63, 3.8) is 0 Å². The molecule has 0 aromatic carbocycles.